The molecule has 0 saturated carbocycles. The van der Waals surface area contributed by atoms with E-state index < -0.39 is 11.8 Å². The Kier molecular flexibility index (Phi) is 8.00. The van der Waals surface area contributed by atoms with Crippen molar-refractivity contribution in [1.29, 1.82) is 0 Å². The van der Waals surface area contributed by atoms with Crippen molar-refractivity contribution in [2.75, 3.05) is 4.90 Å². The number of anilines is 3. The first-order valence-corrected chi connectivity index (χ1v) is 25.2. The van der Waals surface area contributed by atoms with Crippen LogP contribution in [0.15, 0.2) is 158 Å². The minimum Gasteiger partial charge on any atom is -0.311 e. The van der Waals surface area contributed by atoms with Crippen LogP contribution < -0.4 is 21.3 Å². The van der Waals surface area contributed by atoms with Gasteiger partial charge >= 0.3 is 0 Å². The molecule has 0 atom stereocenters. The number of nitrogens with zero attached hydrogens (tertiary/aromatic N) is 3. The SMILES string of the molecule is [2H]C(C)(C)c1ccc2c(c1)B1c3c(cc(-n4c5cccc6c5c5c7c(cccc7ccc54)-c4ccccc4-6)cc3-n3c4ccc(C([2H])(C)C)cc4c4cc(C(C)(C)C)cc1c43)N2c1ccc(C(C)(C)C)cc1. The van der Waals surface area contributed by atoms with Crippen LogP contribution in [0.4, 0.5) is 17.1 Å². The Morgan fingerprint density at radius 2 is 1.07 bits per heavy atom. The first-order valence-electron chi connectivity index (χ1n) is 26.2. The second kappa shape index (κ2) is 14.2. The molecule has 0 radical (unpaired) electrons. The number of benzene rings is 9. The molecule has 11 aromatic rings. The van der Waals surface area contributed by atoms with Gasteiger partial charge in [-0.3, -0.25) is 0 Å². The van der Waals surface area contributed by atoms with E-state index in [2.05, 4.69) is 213 Å². The molecule has 2 aromatic heterocycles. The summed E-state index contributed by atoms with van der Waals surface area (Å²) in [7, 11) is 0. The molecule has 4 heterocycles. The molecule has 0 unspecified atom stereocenters. The van der Waals surface area contributed by atoms with Crippen molar-refractivity contribution in [2.45, 2.75) is 91.9 Å². The van der Waals surface area contributed by atoms with Gasteiger partial charge in [-0.05, 0) is 155 Å². The second-order valence-electron chi connectivity index (χ2n) is 23.0. The summed E-state index contributed by atoms with van der Waals surface area (Å²) in [4.78, 5) is 2.52. The lowest BCUT2D eigenvalue weighted by Gasteiger charge is -2.41. The standard InChI is InChI=1S/C66H58BN3/c1-37(2)40-22-28-54-50(31-40)51-33-43(66(8,9)10)34-53-64(51)70(54)59-36-45(35-58-63(59)67(53)52-32-41(38(3)4)23-29-55(52)68(58)44-26-24-42(25-27-44)65(5,6)7)69-56-20-14-19-49-47-17-12-11-16-46(47)48-18-13-15-39-21-30-57(69)62(60(39)48)61(49)56/h11-38H,1-10H3/i37D,38D. The first kappa shape index (κ1) is 39.5. The molecule has 340 valence electrons. The van der Waals surface area contributed by atoms with Crippen LogP contribution in [-0.2, 0) is 10.8 Å². The lowest BCUT2D eigenvalue weighted by atomic mass is 9.33. The summed E-state index contributed by atoms with van der Waals surface area (Å²) in [5, 5.41) is 7.51. The Hall–Kier alpha value is -7.30. The molecule has 0 N–H and O–H groups in total. The quantitative estimate of drug-likeness (QED) is 0.160. The van der Waals surface area contributed by atoms with Gasteiger partial charge in [0.05, 0.1) is 22.2 Å². The highest BCUT2D eigenvalue weighted by atomic mass is 15.2. The molecule has 14 rings (SSSR count). The molecule has 0 bridgehead atoms. The van der Waals surface area contributed by atoms with Crippen LogP contribution in [0.5, 0.6) is 0 Å². The van der Waals surface area contributed by atoms with Gasteiger partial charge in [0.2, 0.25) is 0 Å². The third-order valence-corrected chi connectivity index (χ3v) is 16.2. The molecule has 9 aromatic carbocycles. The van der Waals surface area contributed by atoms with E-state index in [4.69, 9.17) is 0 Å². The van der Waals surface area contributed by atoms with Crippen molar-refractivity contribution in [1.82, 2.24) is 9.13 Å². The molecule has 0 spiro atoms. The molecule has 1 aliphatic carbocycles. The zero-order valence-corrected chi connectivity index (χ0v) is 41.9. The highest BCUT2D eigenvalue weighted by Crippen LogP contribution is 2.51. The van der Waals surface area contributed by atoms with Crippen LogP contribution in [-0.4, -0.2) is 15.8 Å². The second-order valence-corrected chi connectivity index (χ2v) is 23.0. The van der Waals surface area contributed by atoms with Crippen LogP contribution in [0.3, 0.4) is 0 Å². The molecular weight excluding hydrogens is 846 g/mol. The number of hydrogen-bond acceptors (Lipinski definition) is 1. The monoisotopic (exact) mass is 905 g/mol. The Labute approximate surface area is 414 Å². The highest BCUT2D eigenvalue weighted by Gasteiger charge is 2.44. The maximum atomic E-state index is 9.43. The first-order chi connectivity index (χ1) is 34.3. The fourth-order valence-corrected chi connectivity index (χ4v) is 12.7. The van der Waals surface area contributed by atoms with E-state index in [0.717, 1.165) is 45.1 Å². The minimum absolute atomic E-state index is 0.00991. The van der Waals surface area contributed by atoms with E-state index in [1.54, 1.807) is 0 Å². The largest absolute Gasteiger partial charge is 0.311 e. The fraction of sp³-hybridized carbons (Fsp3) is 0.212. The Balaban J connectivity index is 1.18. The van der Waals surface area contributed by atoms with Crippen molar-refractivity contribution in [2.24, 2.45) is 0 Å². The molecule has 0 fully saturated rings. The maximum absolute atomic E-state index is 9.43. The van der Waals surface area contributed by atoms with Gasteiger partial charge in [-0.15, -0.1) is 0 Å². The van der Waals surface area contributed by atoms with Crippen LogP contribution >= 0.6 is 0 Å². The average Bonchev–Trinajstić information content (AvgIpc) is 3.83. The predicted octanol–water partition coefficient (Wildman–Crippen LogP) is 16.1. The smallest absolute Gasteiger partial charge is 0.252 e. The van der Waals surface area contributed by atoms with Crippen molar-refractivity contribution >= 4 is 94.5 Å². The van der Waals surface area contributed by atoms with E-state index in [1.165, 1.54) is 98.6 Å². The normalized spacial score (nSPS) is 14.5. The summed E-state index contributed by atoms with van der Waals surface area (Å²) in [6, 6.07) is 60.1. The zero-order chi connectivity index (χ0) is 49.7. The number of rotatable bonds is 4. The van der Waals surface area contributed by atoms with E-state index in [1.807, 2.05) is 27.7 Å². The molecule has 2 aliphatic heterocycles. The molecule has 4 heteroatoms. The molecule has 0 amide bonds. The Morgan fingerprint density at radius 3 is 1.79 bits per heavy atom. The maximum Gasteiger partial charge on any atom is 0.252 e. The minimum atomic E-state index is -0.810. The van der Waals surface area contributed by atoms with Gasteiger partial charge in [0, 0.05) is 52.6 Å². The number of hydrogen-bond donors (Lipinski definition) is 0. The molecule has 3 aliphatic rings. The van der Waals surface area contributed by atoms with Gasteiger partial charge in [0.25, 0.3) is 6.71 Å². The summed E-state index contributed by atoms with van der Waals surface area (Å²) in [5.41, 5.74) is 23.6. The predicted molar refractivity (Wildman–Crippen MR) is 302 cm³/mol. The number of aromatic nitrogens is 2. The van der Waals surface area contributed by atoms with E-state index >= 15 is 0 Å². The number of fused-ring (bicyclic) bond motifs is 10. The van der Waals surface area contributed by atoms with Crippen molar-refractivity contribution in [3.8, 4) is 33.6 Å². The van der Waals surface area contributed by atoms with Gasteiger partial charge in [0.1, 0.15) is 0 Å². The van der Waals surface area contributed by atoms with Gasteiger partial charge in [-0.2, -0.15) is 0 Å². The van der Waals surface area contributed by atoms with Crippen LogP contribution in [0.1, 0.15) is 106 Å². The molecule has 70 heavy (non-hydrogen) atoms. The summed E-state index contributed by atoms with van der Waals surface area (Å²) < 4.78 is 23.8. The van der Waals surface area contributed by atoms with E-state index in [0.29, 0.717) is 0 Å². The van der Waals surface area contributed by atoms with Gasteiger partial charge in [-0.1, -0.05) is 166 Å². The summed E-state index contributed by atoms with van der Waals surface area (Å²) in [5.74, 6) is -1.59. The van der Waals surface area contributed by atoms with Gasteiger partial charge < -0.3 is 14.0 Å². The fourth-order valence-electron chi connectivity index (χ4n) is 12.7. The highest BCUT2D eigenvalue weighted by molar-refractivity contribution is 7.00. The van der Waals surface area contributed by atoms with Gasteiger partial charge in [0.15, 0.2) is 0 Å². The third-order valence-electron chi connectivity index (χ3n) is 16.2. The lowest BCUT2D eigenvalue weighted by molar-refractivity contribution is 0.590. The van der Waals surface area contributed by atoms with Crippen molar-refractivity contribution < 1.29 is 2.74 Å². The van der Waals surface area contributed by atoms with Crippen molar-refractivity contribution in [3.05, 3.63) is 180 Å². The van der Waals surface area contributed by atoms with Crippen LogP contribution in [0, 0.1) is 0 Å². The van der Waals surface area contributed by atoms with E-state index in [-0.39, 0.29) is 17.5 Å². The Bertz CT molecular complexity index is 4200. The van der Waals surface area contributed by atoms with Crippen LogP contribution in [0.2, 0.25) is 0 Å². The molecule has 0 saturated heterocycles. The topological polar surface area (TPSA) is 13.1 Å². The van der Waals surface area contributed by atoms with E-state index in [9.17, 15) is 2.74 Å². The van der Waals surface area contributed by atoms with Crippen LogP contribution in [0.25, 0.3) is 88.0 Å². The van der Waals surface area contributed by atoms with Crippen molar-refractivity contribution in [3.63, 3.8) is 0 Å². The zero-order valence-electron chi connectivity index (χ0n) is 43.9. The third kappa shape index (κ3) is 5.59. The summed E-state index contributed by atoms with van der Waals surface area (Å²) in [6.45, 7) is 21.7. The molecule has 3 nitrogen and oxygen atoms in total. The Morgan fingerprint density at radius 1 is 0.443 bits per heavy atom. The summed E-state index contributed by atoms with van der Waals surface area (Å²) in [6.07, 6.45) is 0. The molecular formula is C66H58BN3. The summed E-state index contributed by atoms with van der Waals surface area (Å²) >= 11 is 0. The lowest BCUT2D eigenvalue weighted by Crippen LogP contribution is -2.60. The average molecular weight is 906 g/mol. The van der Waals surface area contributed by atoms with Gasteiger partial charge in [-0.25, -0.2) is 0 Å².